The molecule has 0 saturated carbocycles. The van der Waals surface area contributed by atoms with Gasteiger partial charge in [-0.15, -0.1) is 0 Å². The second-order valence-corrected chi connectivity index (χ2v) is 4.61. The van der Waals surface area contributed by atoms with E-state index in [1.165, 1.54) is 11.5 Å². The first-order valence-corrected chi connectivity index (χ1v) is 6.34. The number of hydrogen-bond donors (Lipinski definition) is 0. The van der Waals surface area contributed by atoms with Crippen LogP contribution in [0.1, 0.15) is 0 Å². The maximum Gasteiger partial charge on any atom is 0.272 e. The van der Waals surface area contributed by atoms with Gasteiger partial charge in [-0.25, -0.2) is 0 Å². The highest BCUT2D eigenvalue weighted by Crippen LogP contribution is 2.31. The maximum atomic E-state index is 11.8. The molecule has 0 unspecified atom stereocenters. The van der Waals surface area contributed by atoms with Gasteiger partial charge in [-0.05, 0) is 17.0 Å². The molecule has 18 heavy (non-hydrogen) atoms. The average molecular weight is 254 g/mol. The quantitative estimate of drug-likeness (QED) is 0.520. The minimum Gasteiger partial charge on any atom is -0.593 e. The van der Waals surface area contributed by atoms with Gasteiger partial charge in [-0.1, -0.05) is 48.5 Å². The van der Waals surface area contributed by atoms with Crippen molar-refractivity contribution in [2.75, 3.05) is 0 Å². The standard InChI is InChI=1S/C14H10N2OS/c17-16-13(11-7-3-1-4-8-11)14(18-15-16)12-9-5-2-6-10-12/h1-10H. The van der Waals surface area contributed by atoms with Gasteiger partial charge in [0.1, 0.15) is 4.88 Å². The van der Waals surface area contributed by atoms with E-state index in [1.54, 1.807) is 0 Å². The van der Waals surface area contributed by atoms with Gasteiger partial charge < -0.3 is 5.21 Å². The summed E-state index contributed by atoms with van der Waals surface area (Å²) in [6.07, 6.45) is 0. The topological polar surface area (TPSA) is 39.8 Å². The van der Waals surface area contributed by atoms with Crippen molar-refractivity contribution in [3.05, 3.63) is 65.9 Å². The van der Waals surface area contributed by atoms with E-state index in [-0.39, 0.29) is 0 Å². The summed E-state index contributed by atoms with van der Waals surface area (Å²) in [5.41, 5.74) is 2.52. The fourth-order valence-electron chi connectivity index (χ4n) is 1.87. The molecule has 0 saturated heterocycles. The van der Waals surface area contributed by atoms with E-state index < -0.39 is 0 Å². The molecule has 0 spiro atoms. The van der Waals surface area contributed by atoms with Crippen molar-refractivity contribution in [1.29, 1.82) is 0 Å². The van der Waals surface area contributed by atoms with Gasteiger partial charge in [0.2, 0.25) is 0 Å². The molecule has 88 valence electrons. The van der Waals surface area contributed by atoms with Crippen LogP contribution in [0.2, 0.25) is 0 Å². The van der Waals surface area contributed by atoms with Gasteiger partial charge >= 0.3 is 0 Å². The first kappa shape index (κ1) is 10.9. The molecule has 0 atom stereocenters. The third-order valence-electron chi connectivity index (χ3n) is 2.70. The highest BCUT2D eigenvalue weighted by atomic mass is 32.1. The Hall–Kier alpha value is -2.20. The van der Waals surface area contributed by atoms with Crippen molar-refractivity contribution in [2.24, 2.45) is 0 Å². The van der Waals surface area contributed by atoms with Gasteiger partial charge in [-0.3, -0.25) is 0 Å². The summed E-state index contributed by atoms with van der Waals surface area (Å²) in [4.78, 5) is 1.60. The minimum absolute atomic E-state index is 0.617. The average Bonchev–Trinajstić information content (AvgIpc) is 2.83. The monoisotopic (exact) mass is 254 g/mol. The van der Waals surface area contributed by atoms with E-state index in [0.717, 1.165) is 16.0 Å². The third kappa shape index (κ3) is 1.87. The Morgan fingerprint density at radius 1 is 0.833 bits per heavy atom. The van der Waals surface area contributed by atoms with Crippen molar-refractivity contribution in [3.63, 3.8) is 0 Å². The van der Waals surface area contributed by atoms with E-state index in [1.807, 2.05) is 60.7 Å². The lowest BCUT2D eigenvalue weighted by atomic mass is 10.1. The van der Waals surface area contributed by atoms with Crippen LogP contribution in [-0.4, -0.2) is 4.49 Å². The molecular weight excluding hydrogens is 244 g/mol. The molecule has 0 aliphatic carbocycles. The maximum absolute atomic E-state index is 11.8. The van der Waals surface area contributed by atoms with Crippen LogP contribution < -0.4 is 4.85 Å². The van der Waals surface area contributed by atoms with Crippen LogP contribution >= 0.6 is 11.5 Å². The van der Waals surface area contributed by atoms with E-state index >= 15 is 0 Å². The van der Waals surface area contributed by atoms with Gasteiger partial charge in [0.15, 0.2) is 0 Å². The zero-order chi connectivity index (χ0) is 12.4. The SMILES string of the molecule is [O-][n+]1nsc(-c2ccccc2)c1-c1ccccc1. The van der Waals surface area contributed by atoms with Gasteiger partial charge in [-0.2, -0.15) is 0 Å². The third-order valence-corrected chi connectivity index (χ3v) is 3.54. The summed E-state index contributed by atoms with van der Waals surface area (Å²) in [7, 11) is 0. The molecule has 1 heterocycles. The van der Waals surface area contributed by atoms with Crippen molar-refractivity contribution >= 4 is 11.5 Å². The summed E-state index contributed by atoms with van der Waals surface area (Å²) in [5.74, 6) is 0. The fraction of sp³-hybridized carbons (Fsp3) is 0. The lowest BCUT2D eigenvalue weighted by Gasteiger charge is -1.99. The predicted octanol–water partition coefficient (Wildman–Crippen LogP) is 3.11. The molecule has 3 rings (SSSR count). The van der Waals surface area contributed by atoms with Crippen molar-refractivity contribution in [2.45, 2.75) is 0 Å². The van der Waals surface area contributed by atoms with E-state index in [4.69, 9.17) is 0 Å². The Kier molecular flexibility index (Phi) is 2.78. The number of nitrogens with zero attached hydrogens (tertiary/aromatic N) is 2. The Morgan fingerprint density at radius 3 is 2.00 bits per heavy atom. The van der Waals surface area contributed by atoms with E-state index in [2.05, 4.69) is 4.49 Å². The molecule has 3 aromatic rings. The second kappa shape index (κ2) is 4.58. The van der Waals surface area contributed by atoms with E-state index in [9.17, 15) is 5.21 Å². The molecule has 1 aromatic heterocycles. The number of hydrogen-bond acceptors (Lipinski definition) is 3. The molecule has 4 heteroatoms. The molecule has 0 bridgehead atoms. The zero-order valence-corrected chi connectivity index (χ0v) is 10.3. The van der Waals surface area contributed by atoms with Crippen LogP contribution in [0.4, 0.5) is 0 Å². The first-order chi connectivity index (χ1) is 8.86. The highest BCUT2D eigenvalue weighted by Gasteiger charge is 2.21. The first-order valence-electron chi connectivity index (χ1n) is 5.56. The summed E-state index contributed by atoms with van der Waals surface area (Å²) < 4.78 is 3.87. The normalized spacial score (nSPS) is 10.4. The number of benzene rings is 2. The molecule has 0 amide bonds. The molecule has 0 aliphatic rings. The summed E-state index contributed by atoms with van der Waals surface area (Å²) in [5, 5.41) is 11.8. The summed E-state index contributed by atoms with van der Waals surface area (Å²) in [6, 6.07) is 19.5. The lowest BCUT2D eigenvalue weighted by molar-refractivity contribution is -0.649. The molecule has 0 fully saturated rings. The zero-order valence-electron chi connectivity index (χ0n) is 9.48. The van der Waals surface area contributed by atoms with Crippen LogP contribution in [0.15, 0.2) is 60.7 Å². The van der Waals surface area contributed by atoms with Crippen LogP contribution in [0, 0.1) is 5.21 Å². The molecular formula is C14H10N2OS. The van der Waals surface area contributed by atoms with Gasteiger partial charge in [0, 0.05) is 17.1 Å². The molecule has 3 nitrogen and oxygen atoms in total. The van der Waals surface area contributed by atoms with E-state index in [0.29, 0.717) is 10.5 Å². The molecule has 0 radical (unpaired) electrons. The fourth-order valence-corrected chi connectivity index (χ4v) is 2.63. The molecule has 0 N–H and O–H groups in total. The van der Waals surface area contributed by atoms with Crippen LogP contribution in [0.3, 0.4) is 0 Å². The van der Waals surface area contributed by atoms with Crippen LogP contribution in [0.25, 0.3) is 21.7 Å². The Balaban J connectivity index is 2.19. The van der Waals surface area contributed by atoms with Crippen molar-refractivity contribution in [1.82, 2.24) is 4.49 Å². The second-order valence-electron chi connectivity index (χ2n) is 3.86. The summed E-state index contributed by atoms with van der Waals surface area (Å²) >= 11 is 1.22. The lowest BCUT2D eigenvalue weighted by Crippen LogP contribution is -2.29. The predicted molar refractivity (Wildman–Crippen MR) is 71.9 cm³/mol. The molecule has 0 aliphatic heterocycles. The van der Waals surface area contributed by atoms with Crippen molar-refractivity contribution in [3.8, 4) is 21.7 Å². The smallest absolute Gasteiger partial charge is 0.272 e. The highest BCUT2D eigenvalue weighted by molar-refractivity contribution is 7.09. The summed E-state index contributed by atoms with van der Waals surface area (Å²) in [6.45, 7) is 0. The Morgan fingerprint density at radius 2 is 1.39 bits per heavy atom. The number of rotatable bonds is 2. The minimum atomic E-state index is 0.617. The van der Waals surface area contributed by atoms with Crippen LogP contribution in [-0.2, 0) is 0 Å². The largest absolute Gasteiger partial charge is 0.593 e. The molecule has 2 aromatic carbocycles. The Bertz CT molecular complexity index is 650. The Labute approximate surface area is 109 Å². The van der Waals surface area contributed by atoms with Crippen LogP contribution in [0.5, 0.6) is 0 Å². The van der Waals surface area contributed by atoms with Crippen molar-refractivity contribution < 1.29 is 4.85 Å². The number of aromatic nitrogens is 2. The van der Waals surface area contributed by atoms with Gasteiger partial charge in [0.25, 0.3) is 5.69 Å². The van der Waals surface area contributed by atoms with Gasteiger partial charge in [0.05, 0.1) is 10.1 Å².